The van der Waals surface area contributed by atoms with Crippen molar-refractivity contribution in [1.29, 1.82) is 0 Å². The topological polar surface area (TPSA) is 26.0 Å². The van der Waals surface area contributed by atoms with E-state index < -0.39 is 25.3 Å². The molecule has 0 spiro atoms. The van der Waals surface area contributed by atoms with Crippen LogP contribution in [-0.2, 0) is 0 Å². The van der Waals surface area contributed by atoms with Crippen molar-refractivity contribution in [2.75, 3.05) is 6.54 Å². The van der Waals surface area contributed by atoms with Gasteiger partial charge >= 0.3 is 12.3 Å². The SMILES string of the molecule is Cl.NCCC(F)(F)C(F)F. The van der Waals surface area contributed by atoms with Crippen LogP contribution in [-0.4, -0.2) is 18.9 Å². The molecule has 0 saturated heterocycles. The van der Waals surface area contributed by atoms with Gasteiger partial charge in [-0.3, -0.25) is 0 Å². The van der Waals surface area contributed by atoms with Crippen molar-refractivity contribution in [3.05, 3.63) is 0 Å². The molecule has 64 valence electrons. The van der Waals surface area contributed by atoms with Crippen molar-refractivity contribution in [3.63, 3.8) is 0 Å². The number of halogens is 5. The Kier molecular flexibility index (Phi) is 5.98. The van der Waals surface area contributed by atoms with Gasteiger partial charge in [0.2, 0.25) is 0 Å². The summed E-state index contributed by atoms with van der Waals surface area (Å²) in [6.45, 7) is -0.419. The molecule has 10 heavy (non-hydrogen) atoms. The van der Waals surface area contributed by atoms with E-state index in [9.17, 15) is 17.6 Å². The van der Waals surface area contributed by atoms with Crippen LogP contribution < -0.4 is 5.73 Å². The number of alkyl halides is 4. The van der Waals surface area contributed by atoms with Gasteiger partial charge in [0.05, 0.1) is 0 Å². The van der Waals surface area contributed by atoms with Gasteiger partial charge in [0.25, 0.3) is 0 Å². The molecule has 0 aliphatic heterocycles. The number of nitrogens with two attached hydrogens (primary N) is 1. The lowest BCUT2D eigenvalue weighted by molar-refractivity contribution is -0.131. The van der Waals surface area contributed by atoms with Crippen LogP contribution >= 0.6 is 12.4 Å². The summed E-state index contributed by atoms with van der Waals surface area (Å²) in [4.78, 5) is 0. The fraction of sp³-hybridized carbons (Fsp3) is 1.00. The van der Waals surface area contributed by atoms with E-state index in [0.717, 1.165) is 0 Å². The van der Waals surface area contributed by atoms with E-state index in [4.69, 9.17) is 0 Å². The van der Waals surface area contributed by atoms with Crippen molar-refractivity contribution < 1.29 is 17.6 Å². The molecule has 6 heteroatoms. The average Bonchev–Trinajstić information content (AvgIpc) is 1.65. The predicted octanol–water partition coefficient (Wildman–Crippen LogP) is 1.66. The molecule has 0 aliphatic carbocycles. The number of hydrogen-bond acceptors (Lipinski definition) is 1. The Labute approximate surface area is 62.0 Å². The zero-order chi connectivity index (χ0) is 7.49. The number of rotatable bonds is 3. The first kappa shape index (κ1) is 12.6. The number of hydrogen-bond donors (Lipinski definition) is 1. The smallest absolute Gasteiger partial charge is 0.308 e. The lowest BCUT2D eigenvalue weighted by Crippen LogP contribution is -2.29. The molecule has 0 aromatic heterocycles. The highest BCUT2D eigenvalue weighted by Gasteiger charge is 2.39. The molecular weight excluding hydrogens is 173 g/mol. The normalized spacial score (nSPS) is 11.4. The monoisotopic (exact) mass is 181 g/mol. The van der Waals surface area contributed by atoms with Gasteiger partial charge in [0.1, 0.15) is 0 Å². The highest BCUT2D eigenvalue weighted by Crippen LogP contribution is 2.25. The molecule has 0 bridgehead atoms. The fourth-order valence-corrected chi connectivity index (χ4v) is 0.302. The molecule has 2 N–H and O–H groups in total. The van der Waals surface area contributed by atoms with Crippen molar-refractivity contribution in [2.24, 2.45) is 5.73 Å². The minimum absolute atomic E-state index is 0. The van der Waals surface area contributed by atoms with Crippen molar-refractivity contribution in [1.82, 2.24) is 0 Å². The average molecular weight is 182 g/mol. The Bertz CT molecular complexity index is 87.3. The van der Waals surface area contributed by atoms with Crippen LogP contribution in [0.25, 0.3) is 0 Å². The minimum Gasteiger partial charge on any atom is -0.330 e. The van der Waals surface area contributed by atoms with Gasteiger partial charge in [0, 0.05) is 6.42 Å². The van der Waals surface area contributed by atoms with Gasteiger partial charge in [-0.25, -0.2) is 17.6 Å². The Morgan fingerprint density at radius 3 is 1.80 bits per heavy atom. The fourth-order valence-electron chi connectivity index (χ4n) is 0.302. The first-order valence-corrected chi connectivity index (χ1v) is 2.36. The molecular formula is C4H8ClF4N. The molecule has 0 radical (unpaired) electrons. The highest BCUT2D eigenvalue weighted by atomic mass is 35.5. The van der Waals surface area contributed by atoms with E-state index >= 15 is 0 Å². The summed E-state index contributed by atoms with van der Waals surface area (Å²) in [6, 6.07) is 0. The maximum absolute atomic E-state index is 11.7. The Balaban J connectivity index is 0. The van der Waals surface area contributed by atoms with E-state index in [0.29, 0.717) is 0 Å². The maximum atomic E-state index is 11.7. The highest BCUT2D eigenvalue weighted by molar-refractivity contribution is 5.85. The third-order valence-electron chi connectivity index (χ3n) is 0.797. The first-order valence-electron chi connectivity index (χ1n) is 2.36. The molecule has 1 nitrogen and oxygen atoms in total. The van der Waals surface area contributed by atoms with Crippen LogP contribution in [0.4, 0.5) is 17.6 Å². The molecule has 0 fully saturated rings. The summed E-state index contributed by atoms with van der Waals surface area (Å²) in [7, 11) is 0. The Morgan fingerprint density at radius 1 is 1.30 bits per heavy atom. The maximum Gasteiger partial charge on any atom is 0.308 e. The third kappa shape index (κ3) is 3.90. The molecule has 0 aliphatic rings. The molecule has 0 heterocycles. The van der Waals surface area contributed by atoms with Gasteiger partial charge < -0.3 is 5.73 Å². The van der Waals surface area contributed by atoms with Gasteiger partial charge in [-0.15, -0.1) is 12.4 Å². The first-order chi connectivity index (χ1) is 4.00. The van der Waals surface area contributed by atoms with Crippen LogP contribution in [0, 0.1) is 0 Å². The Morgan fingerprint density at radius 2 is 1.70 bits per heavy atom. The lowest BCUT2D eigenvalue weighted by Gasteiger charge is -2.12. The predicted molar refractivity (Wildman–Crippen MR) is 31.9 cm³/mol. The second-order valence-corrected chi connectivity index (χ2v) is 1.60. The summed E-state index contributed by atoms with van der Waals surface area (Å²) >= 11 is 0. The summed E-state index contributed by atoms with van der Waals surface area (Å²) in [5, 5.41) is 0. The van der Waals surface area contributed by atoms with Crippen molar-refractivity contribution in [2.45, 2.75) is 18.8 Å². The standard InChI is InChI=1S/C4H7F4N.ClH/c5-3(6)4(7,8)1-2-9;/h3H,1-2,9H2;1H. The van der Waals surface area contributed by atoms with E-state index in [1.807, 2.05) is 0 Å². The van der Waals surface area contributed by atoms with E-state index in [2.05, 4.69) is 5.73 Å². The van der Waals surface area contributed by atoms with Crippen LogP contribution in [0.5, 0.6) is 0 Å². The molecule has 0 aromatic carbocycles. The van der Waals surface area contributed by atoms with Crippen LogP contribution in [0.15, 0.2) is 0 Å². The molecule has 0 atom stereocenters. The van der Waals surface area contributed by atoms with Crippen molar-refractivity contribution >= 4 is 12.4 Å². The molecule has 0 aromatic rings. The molecule has 0 rings (SSSR count). The van der Waals surface area contributed by atoms with Crippen LogP contribution in [0.2, 0.25) is 0 Å². The van der Waals surface area contributed by atoms with E-state index in [1.54, 1.807) is 0 Å². The second-order valence-electron chi connectivity index (χ2n) is 1.60. The summed E-state index contributed by atoms with van der Waals surface area (Å²) < 4.78 is 45.8. The van der Waals surface area contributed by atoms with E-state index in [1.165, 1.54) is 0 Å². The van der Waals surface area contributed by atoms with E-state index in [-0.39, 0.29) is 12.4 Å². The van der Waals surface area contributed by atoms with Gasteiger partial charge in [-0.1, -0.05) is 0 Å². The molecule has 0 saturated carbocycles. The second kappa shape index (κ2) is 4.73. The van der Waals surface area contributed by atoms with Gasteiger partial charge in [0.15, 0.2) is 0 Å². The molecule has 0 unspecified atom stereocenters. The largest absolute Gasteiger partial charge is 0.330 e. The van der Waals surface area contributed by atoms with Gasteiger partial charge in [-0.2, -0.15) is 0 Å². The quantitative estimate of drug-likeness (QED) is 0.659. The van der Waals surface area contributed by atoms with Crippen molar-refractivity contribution in [3.8, 4) is 0 Å². The summed E-state index contributed by atoms with van der Waals surface area (Å²) in [6.07, 6.45) is -4.55. The third-order valence-corrected chi connectivity index (χ3v) is 0.797. The zero-order valence-corrected chi connectivity index (χ0v) is 5.81. The molecule has 0 amide bonds. The lowest BCUT2D eigenvalue weighted by atomic mass is 10.2. The van der Waals surface area contributed by atoms with Crippen LogP contribution in [0.3, 0.4) is 0 Å². The Hall–Kier alpha value is -0.0300. The van der Waals surface area contributed by atoms with Crippen LogP contribution in [0.1, 0.15) is 6.42 Å². The zero-order valence-electron chi connectivity index (χ0n) is 4.99. The summed E-state index contributed by atoms with van der Waals surface area (Å²) in [5.74, 6) is -3.91. The van der Waals surface area contributed by atoms with Gasteiger partial charge in [-0.05, 0) is 6.54 Å². The summed E-state index contributed by atoms with van der Waals surface area (Å²) in [5.41, 5.74) is 4.64. The minimum atomic E-state index is -3.91.